The number of nitrogens with one attached hydrogen (secondary N) is 1. The van der Waals surface area contributed by atoms with Gasteiger partial charge in [-0.25, -0.2) is 4.68 Å². The van der Waals surface area contributed by atoms with Gasteiger partial charge in [-0.3, -0.25) is 4.79 Å². The largest absolute Gasteiger partial charge is 0.376 e. The number of aromatic nitrogens is 4. The molecule has 0 aliphatic heterocycles. The van der Waals surface area contributed by atoms with Gasteiger partial charge in [0, 0.05) is 12.6 Å². The van der Waals surface area contributed by atoms with Crippen LogP contribution in [0.2, 0.25) is 0 Å². The van der Waals surface area contributed by atoms with E-state index in [9.17, 15) is 4.79 Å². The number of hydrogen-bond acceptors (Lipinski definition) is 6. The summed E-state index contributed by atoms with van der Waals surface area (Å²) in [6.45, 7) is 0.484. The Labute approximate surface area is 139 Å². The smallest absolute Gasteiger partial charge is 0.282 e. The Kier molecular flexibility index (Phi) is 4.30. The van der Waals surface area contributed by atoms with Gasteiger partial charge in [0.1, 0.15) is 14.5 Å². The Morgan fingerprint density at radius 2 is 2.05 bits per heavy atom. The number of aryl methyl sites for hydroxylation is 1. The van der Waals surface area contributed by atoms with Crippen LogP contribution < -0.4 is 10.9 Å². The SMILES string of the molecule is Cn1ncc(NCc2nnc(-c3ccccc3)s2)c(Br)c1=O. The monoisotopic (exact) mass is 377 g/mol. The first-order valence-corrected chi connectivity index (χ1v) is 8.09. The highest BCUT2D eigenvalue weighted by atomic mass is 79.9. The molecule has 0 saturated carbocycles. The summed E-state index contributed by atoms with van der Waals surface area (Å²) in [4.78, 5) is 11.8. The molecule has 0 amide bonds. The average Bonchev–Trinajstić information content (AvgIpc) is 3.02. The van der Waals surface area contributed by atoms with Crippen LogP contribution in [0.15, 0.2) is 45.8 Å². The lowest BCUT2D eigenvalue weighted by atomic mass is 10.2. The molecule has 0 bridgehead atoms. The Morgan fingerprint density at radius 1 is 1.27 bits per heavy atom. The number of rotatable bonds is 4. The van der Waals surface area contributed by atoms with E-state index in [0.29, 0.717) is 16.7 Å². The molecule has 8 heteroatoms. The molecule has 0 unspecified atom stereocenters. The molecule has 3 rings (SSSR count). The molecule has 1 N–H and O–H groups in total. The van der Waals surface area contributed by atoms with Crippen molar-refractivity contribution in [3.63, 3.8) is 0 Å². The standard InChI is InChI=1S/C14H12BrN5OS/c1-20-14(21)12(15)10(7-17-20)16-8-11-18-19-13(22-11)9-5-3-2-4-6-9/h2-7,16H,8H2,1H3. The molecule has 22 heavy (non-hydrogen) atoms. The zero-order valence-electron chi connectivity index (χ0n) is 11.7. The van der Waals surface area contributed by atoms with Crippen molar-refractivity contribution in [3.05, 3.63) is 56.4 Å². The van der Waals surface area contributed by atoms with E-state index in [1.807, 2.05) is 30.3 Å². The average molecular weight is 378 g/mol. The van der Waals surface area contributed by atoms with Gasteiger partial charge >= 0.3 is 0 Å². The minimum absolute atomic E-state index is 0.188. The van der Waals surface area contributed by atoms with E-state index in [1.165, 1.54) is 16.0 Å². The zero-order chi connectivity index (χ0) is 15.5. The fourth-order valence-electron chi connectivity index (χ4n) is 1.83. The first-order valence-electron chi connectivity index (χ1n) is 6.48. The molecule has 3 aromatic rings. The molecular formula is C14H12BrN5OS. The molecule has 2 heterocycles. The second-order valence-corrected chi connectivity index (χ2v) is 6.38. The van der Waals surface area contributed by atoms with Gasteiger partial charge in [0.25, 0.3) is 5.56 Å². The Balaban J connectivity index is 1.74. The van der Waals surface area contributed by atoms with Gasteiger partial charge in [-0.2, -0.15) is 5.10 Å². The van der Waals surface area contributed by atoms with Gasteiger partial charge in [-0.15, -0.1) is 10.2 Å². The number of nitrogens with zero attached hydrogens (tertiary/aromatic N) is 4. The lowest BCUT2D eigenvalue weighted by Gasteiger charge is -2.06. The second kappa shape index (κ2) is 6.37. The fourth-order valence-corrected chi connectivity index (χ4v) is 3.11. The van der Waals surface area contributed by atoms with E-state index in [2.05, 4.69) is 36.5 Å². The summed E-state index contributed by atoms with van der Waals surface area (Å²) in [6.07, 6.45) is 1.60. The van der Waals surface area contributed by atoms with E-state index in [4.69, 9.17) is 0 Å². The van der Waals surface area contributed by atoms with Crippen LogP contribution in [0.1, 0.15) is 5.01 Å². The summed E-state index contributed by atoms with van der Waals surface area (Å²) in [5.74, 6) is 0. The number of hydrogen-bond donors (Lipinski definition) is 1. The Bertz CT molecular complexity index is 846. The van der Waals surface area contributed by atoms with Crippen molar-refractivity contribution in [1.82, 2.24) is 20.0 Å². The summed E-state index contributed by atoms with van der Waals surface area (Å²) in [5.41, 5.74) is 1.49. The van der Waals surface area contributed by atoms with Gasteiger partial charge in [0.2, 0.25) is 0 Å². The molecule has 0 spiro atoms. The maximum Gasteiger partial charge on any atom is 0.282 e. The maximum absolute atomic E-state index is 11.8. The highest BCUT2D eigenvalue weighted by molar-refractivity contribution is 9.10. The molecule has 0 aliphatic carbocycles. The van der Waals surface area contributed by atoms with Crippen molar-refractivity contribution >= 4 is 33.0 Å². The summed E-state index contributed by atoms with van der Waals surface area (Å²) in [6, 6.07) is 9.90. The van der Waals surface area contributed by atoms with Crippen LogP contribution in [0, 0.1) is 0 Å². The zero-order valence-corrected chi connectivity index (χ0v) is 14.1. The second-order valence-electron chi connectivity index (χ2n) is 4.52. The van der Waals surface area contributed by atoms with Gasteiger partial charge in [0.15, 0.2) is 0 Å². The molecule has 0 aliphatic rings. The van der Waals surface area contributed by atoms with Crippen LogP contribution in [0.4, 0.5) is 5.69 Å². The molecule has 0 radical (unpaired) electrons. The Hall–Kier alpha value is -2.06. The maximum atomic E-state index is 11.8. The third kappa shape index (κ3) is 3.07. The molecular weight excluding hydrogens is 366 g/mol. The van der Waals surface area contributed by atoms with Crippen LogP contribution in [-0.2, 0) is 13.6 Å². The normalized spacial score (nSPS) is 10.6. The summed E-state index contributed by atoms with van der Waals surface area (Å²) < 4.78 is 1.73. The third-order valence-corrected chi connectivity index (χ3v) is 4.73. The summed E-state index contributed by atoms with van der Waals surface area (Å²) in [7, 11) is 1.60. The molecule has 112 valence electrons. The first kappa shape index (κ1) is 14.9. The minimum Gasteiger partial charge on any atom is -0.376 e. The van der Waals surface area contributed by atoms with E-state index in [0.717, 1.165) is 15.6 Å². The molecule has 2 aromatic heterocycles. The summed E-state index contributed by atoms with van der Waals surface area (Å²) >= 11 is 4.79. The van der Waals surface area contributed by atoms with E-state index < -0.39 is 0 Å². The van der Waals surface area contributed by atoms with Gasteiger partial charge in [-0.1, -0.05) is 41.7 Å². The van der Waals surface area contributed by atoms with Crippen molar-refractivity contribution < 1.29 is 0 Å². The highest BCUT2D eigenvalue weighted by Crippen LogP contribution is 2.24. The van der Waals surface area contributed by atoms with E-state index in [1.54, 1.807) is 13.2 Å². The predicted octanol–water partition coefficient (Wildman–Crippen LogP) is 2.67. The summed E-state index contributed by atoms with van der Waals surface area (Å²) in [5, 5.41) is 17.2. The lowest BCUT2D eigenvalue weighted by Crippen LogP contribution is -2.21. The van der Waals surface area contributed by atoms with Crippen molar-refractivity contribution in [2.45, 2.75) is 6.54 Å². The highest BCUT2D eigenvalue weighted by Gasteiger charge is 2.09. The van der Waals surface area contributed by atoms with E-state index in [-0.39, 0.29) is 5.56 Å². The Morgan fingerprint density at radius 3 is 2.82 bits per heavy atom. The quantitative estimate of drug-likeness (QED) is 0.756. The molecule has 6 nitrogen and oxygen atoms in total. The van der Waals surface area contributed by atoms with Crippen molar-refractivity contribution in [2.75, 3.05) is 5.32 Å². The van der Waals surface area contributed by atoms with Crippen LogP contribution in [0.3, 0.4) is 0 Å². The van der Waals surface area contributed by atoms with Gasteiger partial charge in [0.05, 0.1) is 18.4 Å². The molecule has 1 aromatic carbocycles. The third-order valence-electron chi connectivity index (χ3n) is 3.00. The number of benzene rings is 1. The van der Waals surface area contributed by atoms with Crippen LogP contribution in [0.5, 0.6) is 0 Å². The first-order chi connectivity index (χ1) is 10.6. The molecule has 0 saturated heterocycles. The van der Waals surface area contributed by atoms with Crippen LogP contribution in [0.25, 0.3) is 10.6 Å². The van der Waals surface area contributed by atoms with Crippen molar-refractivity contribution in [3.8, 4) is 10.6 Å². The van der Waals surface area contributed by atoms with E-state index >= 15 is 0 Å². The van der Waals surface area contributed by atoms with Crippen molar-refractivity contribution in [1.29, 1.82) is 0 Å². The molecule has 0 fully saturated rings. The van der Waals surface area contributed by atoms with Crippen LogP contribution in [-0.4, -0.2) is 20.0 Å². The van der Waals surface area contributed by atoms with Gasteiger partial charge in [-0.05, 0) is 15.9 Å². The number of anilines is 1. The minimum atomic E-state index is -0.188. The lowest BCUT2D eigenvalue weighted by molar-refractivity contribution is 0.703. The topological polar surface area (TPSA) is 72.7 Å². The van der Waals surface area contributed by atoms with Crippen molar-refractivity contribution in [2.24, 2.45) is 7.05 Å². The number of halogens is 1. The van der Waals surface area contributed by atoms with Gasteiger partial charge < -0.3 is 5.32 Å². The molecule has 0 atom stereocenters. The fraction of sp³-hybridized carbons (Fsp3) is 0.143. The predicted molar refractivity (Wildman–Crippen MR) is 89.8 cm³/mol. The van der Waals surface area contributed by atoms with Crippen LogP contribution >= 0.6 is 27.3 Å².